The van der Waals surface area contributed by atoms with Gasteiger partial charge in [0, 0.05) is 18.6 Å². The number of hydrogen-bond donors (Lipinski definition) is 0. The molecule has 1 aliphatic carbocycles. The molecular weight excluding hydrogens is 381 g/mol. The van der Waals surface area contributed by atoms with Crippen LogP contribution in [0.3, 0.4) is 0 Å². The summed E-state index contributed by atoms with van der Waals surface area (Å²) in [5.41, 5.74) is 1.24. The number of hydrogen-bond acceptors (Lipinski definition) is 5. The van der Waals surface area contributed by atoms with E-state index in [0.29, 0.717) is 31.6 Å². The third kappa shape index (κ3) is 3.24. The monoisotopic (exact) mass is 405 g/mol. The van der Waals surface area contributed by atoms with E-state index in [4.69, 9.17) is 9.47 Å². The molecule has 1 fully saturated rings. The van der Waals surface area contributed by atoms with Gasteiger partial charge >= 0.3 is 0 Å². The van der Waals surface area contributed by atoms with Crippen LogP contribution in [0.15, 0.2) is 40.5 Å². The summed E-state index contributed by atoms with van der Waals surface area (Å²) in [6.45, 7) is 0.717. The van der Waals surface area contributed by atoms with E-state index in [9.17, 15) is 14.0 Å². The summed E-state index contributed by atoms with van der Waals surface area (Å²) in [6.07, 6.45) is 1.62. The molecule has 3 aliphatic rings. The number of carbonyl (C=O) groups is 2. The number of fused-ring (bicyclic) bond motifs is 1. The highest BCUT2D eigenvalue weighted by atomic mass is 32.2. The van der Waals surface area contributed by atoms with Crippen molar-refractivity contribution in [3.63, 3.8) is 0 Å². The first-order valence-corrected chi connectivity index (χ1v) is 10.8. The minimum absolute atomic E-state index is 0.138. The Morgan fingerprint density at radius 2 is 2.00 bits per heavy atom. The molecule has 2 heterocycles. The Morgan fingerprint density at radius 1 is 1.25 bits per heavy atom. The molecule has 0 N–H and O–H groups in total. The van der Waals surface area contributed by atoms with Crippen molar-refractivity contribution < 1.29 is 23.5 Å². The van der Waals surface area contributed by atoms with Gasteiger partial charge in [0.25, 0.3) is 5.91 Å². The summed E-state index contributed by atoms with van der Waals surface area (Å²) in [6, 6.07) is 7.33. The molecule has 2 aliphatic heterocycles. The maximum Gasteiger partial charge on any atom is 0.290 e. The van der Waals surface area contributed by atoms with E-state index in [1.807, 2.05) is 30.5 Å². The van der Waals surface area contributed by atoms with Crippen LogP contribution in [0.1, 0.15) is 30.9 Å². The molecule has 7 heteroatoms. The van der Waals surface area contributed by atoms with E-state index >= 15 is 0 Å². The number of rotatable bonds is 5. The highest BCUT2D eigenvalue weighted by Gasteiger charge is 2.52. The predicted molar refractivity (Wildman–Crippen MR) is 104 cm³/mol. The number of carbonyl (C=O) groups excluding carboxylic acids is 2. The maximum atomic E-state index is 14.0. The molecule has 4 rings (SSSR count). The fraction of sp³-hybridized carbons (Fsp3) is 0.524. The van der Waals surface area contributed by atoms with Gasteiger partial charge in [0.2, 0.25) is 0 Å². The molecule has 1 amide bonds. The number of ether oxygens (including phenoxy) is 2. The van der Waals surface area contributed by atoms with Crippen LogP contribution in [-0.2, 0) is 19.1 Å². The molecule has 4 unspecified atom stereocenters. The summed E-state index contributed by atoms with van der Waals surface area (Å²) < 4.78 is 25.2. The molecule has 0 radical (unpaired) electrons. The molecule has 1 aromatic carbocycles. The lowest BCUT2D eigenvalue weighted by Crippen LogP contribution is -2.42. The third-order valence-corrected chi connectivity index (χ3v) is 6.59. The van der Waals surface area contributed by atoms with E-state index in [1.165, 1.54) is 0 Å². The van der Waals surface area contributed by atoms with Gasteiger partial charge in [0.1, 0.15) is 12.3 Å². The van der Waals surface area contributed by atoms with E-state index in [-0.39, 0.29) is 23.9 Å². The molecule has 0 bridgehead atoms. The molecule has 4 atom stereocenters. The smallest absolute Gasteiger partial charge is 0.290 e. The van der Waals surface area contributed by atoms with Crippen molar-refractivity contribution in [1.29, 1.82) is 0 Å². The molecule has 0 aromatic heterocycles. The Labute approximate surface area is 168 Å². The van der Waals surface area contributed by atoms with Crippen LogP contribution < -0.4 is 0 Å². The molecule has 28 heavy (non-hydrogen) atoms. The van der Waals surface area contributed by atoms with Gasteiger partial charge in [-0.2, -0.15) is 0 Å². The Morgan fingerprint density at radius 3 is 2.68 bits per heavy atom. The number of amides is 1. The topological polar surface area (TPSA) is 55.8 Å². The zero-order valence-corrected chi connectivity index (χ0v) is 16.8. The van der Waals surface area contributed by atoms with Crippen LogP contribution >= 0.6 is 11.8 Å². The summed E-state index contributed by atoms with van der Waals surface area (Å²) in [7, 11) is 1.58. The third-order valence-electron chi connectivity index (χ3n) is 5.85. The van der Waals surface area contributed by atoms with Crippen LogP contribution in [0, 0.1) is 5.92 Å². The average molecular weight is 405 g/mol. The van der Waals surface area contributed by atoms with Crippen molar-refractivity contribution in [2.75, 3.05) is 26.5 Å². The van der Waals surface area contributed by atoms with Gasteiger partial charge in [-0.3, -0.25) is 9.59 Å². The summed E-state index contributed by atoms with van der Waals surface area (Å²) in [5.74, 6) is -0.773. The molecule has 1 saturated carbocycles. The van der Waals surface area contributed by atoms with Crippen LogP contribution in [-0.4, -0.2) is 55.4 Å². The molecular formula is C21H24FNO4S. The van der Waals surface area contributed by atoms with Crippen LogP contribution in [0.4, 0.5) is 4.39 Å². The van der Waals surface area contributed by atoms with E-state index in [0.717, 1.165) is 10.5 Å². The Hall–Kier alpha value is -1.86. The highest BCUT2D eigenvalue weighted by Crippen LogP contribution is 2.47. The lowest BCUT2D eigenvalue weighted by molar-refractivity contribution is -0.136. The van der Waals surface area contributed by atoms with Crippen molar-refractivity contribution in [3.05, 3.63) is 41.2 Å². The number of thioether (sulfide) groups is 1. The van der Waals surface area contributed by atoms with E-state index < -0.39 is 24.2 Å². The number of benzene rings is 1. The van der Waals surface area contributed by atoms with Crippen molar-refractivity contribution >= 4 is 23.5 Å². The van der Waals surface area contributed by atoms with Gasteiger partial charge in [0.15, 0.2) is 11.5 Å². The van der Waals surface area contributed by atoms with Crippen LogP contribution in [0.5, 0.6) is 0 Å². The Balaban J connectivity index is 1.74. The SMILES string of the molecule is COCCN1C(=O)C2=C(C(=O)C3CC(F)CCC3O2)C1c1ccc(SC)cc1. The van der Waals surface area contributed by atoms with Crippen molar-refractivity contribution in [3.8, 4) is 0 Å². The zero-order chi connectivity index (χ0) is 19.8. The van der Waals surface area contributed by atoms with Crippen molar-refractivity contribution in [2.45, 2.75) is 42.5 Å². The standard InChI is InChI=1S/C21H24FNO4S/c1-26-10-9-23-18(12-3-6-14(28-2)7-4-12)17-19(24)15-11-13(22)5-8-16(15)27-20(17)21(23)25/h3-4,6-7,13,15-16,18H,5,8-11H2,1-2H3. The maximum absolute atomic E-state index is 14.0. The van der Waals surface area contributed by atoms with E-state index in [2.05, 4.69) is 0 Å². The van der Waals surface area contributed by atoms with Crippen molar-refractivity contribution in [2.24, 2.45) is 5.92 Å². The van der Waals surface area contributed by atoms with Gasteiger partial charge in [-0.15, -0.1) is 11.8 Å². The van der Waals surface area contributed by atoms with Gasteiger partial charge in [-0.05, 0) is 43.2 Å². The number of Topliss-reactive ketones (excluding diaryl/α,β-unsaturated/α-hetero) is 1. The Bertz CT molecular complexity index is 809. The summed E-state index contributed by atoms with van der Waals surface area (Å²) in [4.78, 5) is 29.2. The lowest BCUT2D eigenvalue weighted by Gasteiger charge is -2.36. The summed E-state index contributed by atoms with van der Waals surface area (Å²) >= 11 is 1.63. The van der Waals surface area contributed by atoms with Gasteiger partial charge in [-0.25, -0.2) is 4.39 Å². The highest BCUT2D eigenvalue weighted by molar-refractivity contribution is 7.98. The largest absolute Gasteiger partial charge is 0.483 e. The average Bonchev–Trinajstić information content (AvgIpc) is 2.99. The number of methoxy groups -OCH3 is 1. The normalized spacial score (nSPS) is 29.6. The van der Waals surface area contributed by atoms with Crippen LogP contribution in [0.25, 0.3) is 0 Å². The number of halogens is 1. The fourth-order valence-electron chi connectivity index (χ4n) is 4.42. The zero-order valence-electron chi connectivity index (χ0n) is 16.0. The Kier molecular flexibility index (Phi) is 5.47. The second kappa shape index (κ2) is 7.87. The lowest BCUT2D eigenvalue weighted by atomic mass is 9.77. The summed E-state index contributed by atoms with van der Waals surface area (Å²) in [5, 5.41) is 0. The first kappa shape index (κ1) is 19.5. The van der Waals surface area contributed by atoms with E-state index in [1.54, 1.807) is 23.8 Å². The van der Waals surface area contributed by atoms with Crippen LogP contribution in [0.2, 0.25) is 0 Å². The number of alkyl halides is 1. The first-order chi connectivity index (χ1) is 13.5. The van der Waals surface area contributed by atoms with Gasteiger partial charge in [-0.1, -0.05) is 12.1 Å². The minimum Gasteiger partial charge on any atom is -0.483 e. The number of ketones is 1. The molecule has 0 saturated heterocycles. The molecule has 0 spiro atoms. The predicted octanol–water partition coefficient (Wildman–Crippen LogP) is 3.30. The molecule has 150 valence electrons. The van der Waals surface area contributed by atoms with Gasteiger partial charge < -0.3 is 14.4 Å². The second-order valence-electron chi connectivity index (χ2n) is 7.45. The second-order valence-corrected chi connectivity index (χ2v) is 8.33. The fourth-order valence-corrected chi connectivity index (χ4v) is 4.82. The first-order valence-electron chi connectivity index (χ1n) is 9.58. The number of nitrogens with zero attached hydrogens (tertiary/aromatic N) is 1. The minimum atomic E-state index is -0.989. The van der Waals surface area contributed by atoms with Gasteiger partial charge in [0.05, 0.1) is 24.1 Å². The molecule has 1 aromatic rings. The molecule has 5 nitrogen and oxygen atoms in total. The quantitative estimate of drug-likeness (QED) is 0.704. The van der Waals surface area contributed by atoms with Crippen molar-refractivity contribution in [1.82, 2.24) is 4.90 Å².